The molecule has 0 aromatic carbocycles. The van der Waals surface area contributed by atoms with Crippen molar-refractivity contribution in [3.63, 3.8) is 0 Å². The average Bonchev–Trinajstić information content (AvgIpc) is 2.39. The van der Waals surface area contributed by atoms with Crippen LogP contribution in [0.3, 0.4) is 0 Å². The fourth-order valence-electron chi connectivity index (χ4n) is 2.65. The Morgan fingerprint density at radius 3 is 2.47 bits per heavy atom. The lowest BCUT2D eigenvalue weighted by atomic mass is 10.0. The molecule has 2 aliphatic rings. The van der Waals surface area contributed by atoms with Gasteiger partial charge in [-0.05, 0) is 26.9 Å². The van der Waals surface area contributed by atoms with Crippen LogP contribution >= 0.6 is 0 Å². The van der Waals surface area contributed by atoms with E-state index in [0.29, 0.717) is 6.04 Å². The maximum atomic E-state index is 12.2. The van der Waals surface area contributed by atoms with Crippen LogP contribution < -0.4 is 10.6 Å². The largest absolute Gasteiger partial charge is 0.341 e. The molecule has 0 aliphatic carbocycles. The van der Waals surface area contributed by atoms with Crippen LogP contribution in [0, 0.1) is 0 Å². The Labute approximate surface area is 104 Å². The van der Waals surface area contributed by atoms with Crippen LogP contribution in [0.5, 0.6) is 0 Å². The van der Waals surface area contributed by atoms with Gasteiger partial charge >= 0.3 is 0 Å². The zero-order chi connectivity index (χ0) is 12.3. The fourth-order valence-corrected chi connectivity index (χ4v) is 2.65. The number of hydrogen-bond donors (Lipinski definition) is 2. The first-order valence-electron chi connectivity index (χ1n) is 6.58. The Hall–Kier alpha value is -0.650. The third kappa shape index (κ3) is 3.18. The predicted molar refractivity (Wildman–Crippen MR) is 67.9 cm³/mol. The number of piperazine rings is 1. The van der Waals surface area contributed by atoms with E-state index in [9.17, 15) is 4.79 Å². The maximum Gasteiger partial charge on any atom is 0.241 e. The summed E-state index contributed by atoms with van der Waals surface area (Å²) in [5.41, 5.74) is 0. The van der Waals surface area contributed by atoms with Gasteiger partial charge < -0.3 is 20.4 Å². The molecule has 2 rings (SSSR count). The number of carbonyl (C=O) groups is 1. The van der Waals surface area contributed by atoms with Crippen LogP contribution in [-0.4, -0.2) is 74.6 Å². The molecule has 0 radical (unpaired) electrons. The highest BCUT2D eigenvalue weighted by molar-refractivity contribution is 5.82. The van der Waals surface area contributed by atoms with Crippen molar-refractivity contribution < 1.29 is 4.79 Å². The first-order valence-corrected chi connectivity index (χ1v) is 6.58. The highest BCUT2D eigenvalue weighted by Crippen LogP contribution is 2.15. The first kappa shape index (κ1) is 12.8. The fraction of sp³-hybridized carbons (Fsp3) is 0.917. The van der Waals surface area contributed by atoms with Gasteiger partial charge in [0.15, 0.2) is 0 Å². The lowest BCUT2D eigenvalue weighted by Gasteiger charge is -2.37. The van der Waals surface area contributed by atoms with Crippen molar-refractivity contribution in [2.24, 2.45) is 0 Å². The summed E-state index contributed by atoms with van der Waals surface area (Å²) in [5.74, 6) is 0.273. The Bertz CT molecular complexity index is 255. The second-order valence-corrected chi connectivity index (χ2v) is 5.23. The summed E-state index contributed by atoms with van der Waals surface area (Å²) in [6.45, 7) is 4.43. The highest BCUT2D eigenvalue weighted by Gasteiger charge is 2.29. The van der Waals surface area contributed by atoms with Crippen LogP contribution in [0.4, 0.5) is 0 Å². The molecule has 98 valence electrons. The Kier molecular flexibility index (Phi) is 4.36. The van der Waals surface area contributed by atoms with Crippen molar-refractivity contribution in [2.75, 3.05) is 46.8 Å². The monoisotopic (exact) mass is 240 g/mol. The number of rotatable bonds is 2. The highest BCUT2D eigenvalue weighted by atomic mass is 16.2. The van der Waals surface area contributed by atoms with Crippen LogP contribution in [0.15, 0.2) is 0 Å². The zero-order valence-electron chi connectivity index (χ0n) is 10.9. The van der Waals surface area contributed by atoms with E-state index in [2.05, 4.69) is 29.6 Å². The molecule has 0 aromatic heterocycles. The molecule has 2 aliphatic heterocycles. The molecule has 1 unspecified atom stereocenters. The molecule has 2 N–H and O–H groups in total. The minimum Gasteiger partial charge on any atom is -0.341 e. The topological polar surface area (TPSA) is 47.6 Å². The number of amides is 1. The van der Waals surface area contributed by atoms with E-state index < -0.39 is 0 Å². The number of hydrogen-bond acceptors (Lipinski definition) is 4. The standard InChI is InChI=1S/C12H24N4O/c1-15(2)10-3-7-16(8-4-10)12(17)11-9-13-5-6-14-11/h10-11,13-14H,3-9H2,1-2H3. The molecule has 2 fully saturated rings. The number of likely N-dealkylation sites (tertiary alicyclic amines) is 1. The van der Waals surface area contributed by atoms with Crippen LogP contribution in [0.1, 0.15) is 12.8 Å². The van der Waals surface area contributed by atoms with Gasteiger partial charge in [-0.25, -0.2) is 0 Å². The van der Waals surface area contributed by atoms with Gasteiger partial charge in [-0.3, -0.25) is 4.79 Å². The predicted octanol–water partition coefficient (Wildman–Crippen LogP) is -0.900. The summed E-state index contributed by atoms with van der Waals surface area (Å²) in [7, 11) is 4.24. The first-order chi connectivity index (χ1) is 8.18. The molecule has 1 amide bonds. The van der Waals surface area contributed by atoms with E-state index in [1.165, 1.54) is 0 Å². The molecule has 1 atom stereocenters. The minimum absolute atomic E-state index is 0.0142. The Morgan fingerprint density at radius 1 is 1.24 bits per heavy atom. The number of piperidine rings is 1. The lowest BCUT2D eigenvalue weighted by molar-refractivity contribution is -0.135. The smallest absolute Gasteiger partial charge is 0.241 e. The SMILES string of the molecule is CN(C)C1CCN(C(=O)C2CNCCN2)CC1. The van der Waals surface area contributed by atoms with Crippen LogP contribution in [0.25, 0.3) is 0 Å². The van der Waals surface area contributed by atoms with Gasteiger partial charge in [0.1, 0.15) is 0 Å². The molecule has 5 nitrogen and oxygen atoms in total. The molecule has 2 saturated heterocycles. The van der Waals surface area contributed by atoms with Crippen molar-refractivity contribution in [1.82, 2.24) is 20.4 Å². The van der Waals surface area contributed by atoms with Crippen molar-refractivity contribution in [2.45, 2.75) is 24.9 Å². The van der Waals surface area contributed by atoms with Gasteiger partial charge in [0.25, 0.3) is 0 Å². The van der Waals surface area contributed by atoms with Crippen molar-refractivity contribution in [1.29, 1.82) is 0 Å². The summed E-state index contributed by atoms with van der Waals surface area (Å²) in [6.07, 6.45) is 2.19. The summed E-state index contributed by atoms with van der Waals surface area (Å²) in [4.78, 5) is 16.5. The van der Waals surface area contributed by atoms with E-state index in [4.69, 9.17) is 0 Å². The zero-order valence-corrected chi connectivity index (χ0v) is 10.9. The molecule has 0 bridgehead atoms. The molecule has 2 heterocycles. The van der Waals surface area contributed by atoms with Gasteiger partial charge in [-0.2, -0.15) is 0 Å². The lowest BCUT2D eigenvalue weighted by Crippen LogP contribution is -2.58. The number of carbonyl (C=O) groups excluding carboxylic acids is 1. The third-order valence-corrected chi connectivity index (χ3v) is 3.85. The van der Waals surface area contributed by atoms with Crippen molar-refractivity contribution >= 4 is 5.91 Å². The molecular formula is C12H24N4O. The minimum atomic E-state index is -0.0142. The van der Waals surface area contributed by atoms with E-state index in [1.54, 1.807) is 0 Å². The maximum absolute atomic E-state index is 12.2. The van der Waals surface area contributed by atoms with Crippen molar-refractivity contribution in [3.8, 4) is 0 Å². The van der Waals surface area contributed by atoms with Crippen LogP contribution in [0.2, 0.25) is 0 Å². The molecule has 0 saturated carbocycles. The molecule has 0 spiro atoms. The van der Waals surface area contributed by atoms with Gasteiger partial charge in [0, 0.05) is 38.8 Å². The van der Waals surface area contributed by atoms with E-state index in [0.717, 1.165) is 45.6 Å². The quantitative estimate of drug-likeness (QED) is 0.657. The second-order valence-electron chi connectivity index (χ2n) is 5.23. The summed E-state index contributed by atoms with van der Waals surface area (Å²) in [5, 5.41) is 6.55. The molecule has 0 aromatic rings. The van der Waals surface area contributed by atoms with E-state index in [1.807, 2.05) is 4.90 Å². The summed E-state index contributed by atoms with van der Waals surface area (Å²) >= 11 is 0. The third-order valence-electron chi connectivity index (χ3n) is 3.85. The molecule has 17 heavy (non-hydrogen) atoms. The van der Waals surface area contributed by atoms with Gasteiger partial charge in [-0.15, -0.1) is 0 Å². The second kappa shape index (κ2) is 5.80. The molecular weight excluding hydrogens is 216 g/mol. The Balaban J connectivity index is 1.81. The number of nitrogens with one attached hydrogen (secondary N) is 2. The van der Waals surface area contributed by atoms with Crippen molar-refractivity contribution in [3.05, 3.63) is 0 Å². The summed E-state index contributed by atoms with van der Waals surface area (Å²) in [6, 6.07) is 0.621. The van der Waals surface area contributed by atoms with E-state index in [-0.39, 0.29) is 11.9 Å². The molecule has 5 heteroatoms. The normalized spacial score (nSPS) is 27.5. The summed E-state index contributed by atoms with van der Waals surface area (Å²) < 4.78 is 0. The number of nitrogens with zero attached hydrogens (tertiary/aromatic N) is 2. The average molecular weight is 240 g/mol. The van der Waals surface area contributed by atoms with Gasteiger partial charge in [-0.1, -0.05) is 0 Å². The van der Waals surface area contributed by atoms with E-state index >= 15 is 0 Å². The Morgan fingerprint density at radius 2 is 1.94 bits per heavy atom. The van der Waals surface area contributed by atoms with Gasteiger partial charge in [0.05, 0.1) is 6.04 Å². The van der Waals surface area contributed by atoms with Crippen LogP contribution in [-0.2, 0) is 4.79 Å². The van der Waals surface area contributed by atoms with Gasteiger partial charge in [0.2, 0.25) is 5.91 Å².